The van der Waals surface area contributed by atoms with Gasteiger partial charge in [-0.2, -0.15) is 0 Å². The third-order valence-electron chi connectivity index (χ3n) is 3.90. The molecule has 0 amide bonds. The van der Waals surface area contributed by atoms with Crippen molar-refractivity contribution in [2.45, 2.75) is 29.9 Å². The van der Waals surface area contributed by atoms with Crippen LogP contribution in [0, 0.1) is 0 Å². The topological polar surface area (TPSA) is 52.6 Å². The molecule has 0 saturated carbocycles. The van der Waals surface area contributed by atoms with Crippen LogP contribution < -0.4 is 0 Å². The van der Waals surface area contributed by atoms with Crippen molar-refractivity contribution in [2.24, 2.45) is 0 Å². The van der Waals surface area contributed by atoms with E-state index in [0.717, 1.165) is 9.99 Å². The quantitative estimate of drug-likeness (QED) is 0.388. The molecule has 2 rings (SSSR count). The van der Waals surface area contributed by atoms with Gasteiger partial charge in [0.05, 0.1) is 17.1 Å². The number of rotatable bonds is 10. The Hall–Kier alpha value is -0.960. The van der Waals surface area contributed by atoms with E-state index in [9.17, 15) is 8.42 Å². The van der Waals surface area contributed by atoms with Crippen LogP contribution in [0.2, 0.25) is 0 Å². The number of hydrogen-bond acceptors (Lipinski definition) is 4. The molecule has 0 aliphatic heterocycles. The molecule has 0 aromatic heterocycles. The highest BCUT2D eigenvalue weighted by Crippen LogP contribution is 2.17. The number of ether oxygens (including phenoxy) is 2. The summed E-state index contributed by atoms with van der Waals surface area (Å²) in [4.78, 5) is 0.283. The lowest BCUT2D eigenvalue weighted by atomic mass is 10.0. The molecule has 4 nitrogen and oxygen atoms in total. The summed E-state index contributed by atoms with van der Waals surface area (Å²) in [5.41, 5.74) is 1.12. The van der Waals surface area contributed by atoms with Gasteiger partial charge in [0.25, 0.3) is 0 Å². The van der Waals surface area contributed by atoms with Crippen molar-refractivity contribution in [1.29, 1.82) is 0 Å². The van der Waals surface area contributed by atoms with E-state index in [1.165, 1.54) is 0 Å². The second-order valence-corrected chi connectivity index (χ2v) is 8.59. The highest BCUT2D eigenvalue weighted by molar-refractivity contribution is 14.1. The highest BCUT2D eigenvalue weighted by atomic mass is 127. The van der Waals surface area contributed by atoms with Gasteiger partial charge in [0.15, 0.2) is 5.94 Å². The normalized spacial score (nSPS) is 14.2. The summed E-state index contributed by atoms with van der Waals surface area (Å²) in [5, 5.41) is 0. The molecule has 0 saturated heterocycles. The fourth-order valence-corrected chi connectivity index (χ4v) is 4.28. The Kier molecular flexibility index (Phi) is 8.35. The van der Waals surface area contributed by atoms with Gasteiger partial charge >= 0.3 is 0 Å². The second kappa shape index (κ2) is 10.3. The van der Waals surface area contributed by atoms with Crippen molar-refractivity contribution in [3.63, 3.8) is 0 Å². The maximum Gasteiger partial charge on any atom is 0.202 e. The molecular weight excluding hydrogens is 451 g/mol. The fourth-order valence-electron chi connectivity index (χ4n) is 2.48. The Bertz CT molecular complexity index is 716. The van der Waals surface area contributed by atoms with Crippen molar-refractivity contribution >= 4 is 32.4 Å². The largest absolute Gasteiger partial charge is 0.381 e. The van der Waals surface area contributed by atoms with Crippen molar-refractivity contribution in [3.05, 3.63) is 66.2 Å². The molecule has 0 fully saturated rings. The van der Waals surface area contributed by atoms with Gasteiger partial charge in [-0.1, -0.05) is 71.1 Å². The smallest absolute Gasteiger partial charge is 0.202 e. The molecule has 0 N–H and O–H groups in total. The molecular formula is C19H23IO4S. The predicted molar refractivity (Wildman–Crippen MR) is 108 cm³/mol. The molecule has 0 radical (unpaired) electrons. The summed E-state index contributed by atoms with van der Waals surface area (Å²) in [6.45, 7) is 0. The van der Waals surface area contributed by atoms with E-state index < -0.39 is 9.84 Å². The Morgan fingerprint density at radius 1 is 0.960 bits per heavy atom. The maximum absolute atomic E-state index is 12.5. The van der Waals surface area contributed by atoms with Crippen LogP contribution in [0.15, 0.2) is 65.6 Å². The first-order valence-corrected chi connectivity index (χ1v) is 11.2. The van der Waals surface area contributed by atoms with E-state index in [1.54, 1.807) is 37.4 Å². The third-order valence-corrected chi connectivity index (χ3v) is 6.32. The predicted octanol–water partition coefficient (Wildman–Crippen LogP) is 3.89. The molecule has 6 heteroatoms. The summed E-state index contributed by atoms with van der Waals surface area (Å²) >= 11 is 2.27. The summed E-state index contributed by atoms with van der Waals surface area (Å²) < 4.78 is 37.0. The summed E-state index contributed by atoms with van der Waals surface area (Å²) in [6, 6.07) is 18.3. The van der Waals surface area contributed by atoms with Crippen LogP contribution in [0.3, 0.4) is 0 Å². The molecule has 0 heterocycles. The summed E-state index contributed by atoms with van der Waals surface area (Å²) in [5.74, 6) is -0.327. The number of hydrogen-bond donors (Lipinski definition) is 0. The number of sulfone groups is 1. The van der Waals surface area contributed by atoms with E-state index >= 15 is 0 Å². The van der Waals surface area contributed by atoms with Gasteiger partial charge in [-0.05, 0) is 24.1 Å². The molecule has 2 atom stereocenters. The Morgan fingerprint density at radius 2 is 1.56 bits per heavy atom. The first kappa shape index (κ1) is 20.4. The van der Waals surface area contributed by atoms with Gasteiger partial charge < -0.3 is 9.47 Å². The van der Waals surface area contributed by atoms with Crippen LogP contribution in [0.1, 0.15) is 12.0 Å². The van der Waals surface area contributed by atoms with Crippen LogP contribution in [-0.2, 0) is 25.7 Å². The zero-order valence-corrected chi connectivity index (χ0v) is 17.1. The van der Waals surface area contributed by atoms with Crippen LogP contribution in [0.5, 0.6) is 0 Å². The number of halogens is 1. The van der Waals surface area contributed by atoms with Crippen molar-refractivity contribution in [3.8, 4) is 0 Å². The van der Waals surface area contributed by atoms with E-state index in [1.807, 2.05) is 30.3 Å². The Balaban J connectivity index is 2.07. The minimum Gasteiger partial charge on any atom is -0.381 e. The molecule has 2 aromatic rings. The molecule has 0 spiro atoms. The number of benzene rings is 2. The lowest BCUT2D eigenvalue weighted by Crippen LogP contribution is -2.27. The number of methoxy groups -OCH3 is 1. The molecule has 0 aliphatic carbocycles. The molecule has 136 valence electrons. The summed E-state index contributed by atoms with van der Waals surface area (Å²) in [6.07, 6.45) is 1.12. The van der Waals surface area contributed by atoms with E-state index in [4.69, 9.17) is 9.47 Å². The van der Waals surface area contributed by atoms with Crippen LogP contribution >= 0.6 is 22.6 Å². The lowest BCUT2D eigenvalue weighted by Gasteiger charge is -2.22. The van der Waals surface area contributed by atoms with Crippen LogP contribution in [-0.4, -0.2) is 38.1 Å². The van der Waals surface area contributed by atoms with E-state index in [0.29, 0.717) is 12.8 Å². The van der Waals surface area contributed by atoms with Gasteiger partial charge in [-0.3, -0.25) is 0 Å². The SMILES string of the molecule is CO[C@@H](CI)C[C@@H](Cc1ccccc1)OCS(=O)(=O)c1ccccc1. The lowest BCUT2D eigenvalue weighted by molar-refractivity contribution is 0.0259. The fraction of sp³-hybridized carbons (Fsp3) is 0.368. The van der Waals surface area contributed by atoms with E-state index in [-0.39, 0.29) is 23.0 Å². The molecule has 25 heavy (non-hydrogen) atoms. The van der Waals surface area contributed by atoms with E-state index in [2.05, 4.69) is 22.6 Å². The van der Waals surface area contributed by atoms with Gasteiger partial charge in [0.2, 0.25) is 9.84 Å². The Morgan fingerprint density at radius 3 is 2.12 bits per heavy atom. The minimum absolute atomic E-state index is 0.0359. The Labute approximate surface area is 163 Å². The van der Waals surface area contributed by atoms with Crippen molar-refractivity contribution in [1.82, 2.24) is 0 Å². The van der Waals surface area contributed by atoms with Gasteiger partial charge in [-0.15, -0.1) is 0 Å². The number of alkyl halides is 1. The summed E-state index contributed by atoms with van der Waals surface area (Å²) in [7, 11) is -1.79. The molecule has 0 unspecified atom stereocenters. The zero-order chi connectivity index (χ0) is 18.1. The maximum atomic E-state index is 12.5. The van der Waals surface area contributed by atoms with Crippen LogP contribution in [0.25, 0.3) is 0 Å². The minimum atomic E-state index is -3.46. The zero-order valence-electron chi connectivity index (χ0n) is 14.2. The first-order chi connectivity index (χ1) is 12.0. The average molecular weight is 474 g/mol. The standard InChI is InChI=1S/C19H23IO4S/c1-23-18(14-20)13-17(12-16-8-4-2-5-9-16)24-15-25(21,22)19-10-6-3-7-11-19/h2-11,17-18H,12-15H2,1H3/t17-,18-/m1/s1. The average Bonchev–Trinajstić information content (AvgIpc) is 2.65. The molecule has 2 aromatic carbocycles. The van der Waals surface area contributed by atoms with Gasteiger partial charge in [0, 0.05) is 18.0 Å². The molecule has 0 bridgehead atoms. The highest BCUT2D eigenvalue weighted by Gasteiger charge is 2.21. The first-order valence-electron chi connectivity index (χ1n) is 8.07. The molecule has 0 aliphatic rings. The third kappa shape index (κ3) is 6.69. The van der Waals surface area contributed by atoms with Crippen molar-refractivity contribution in [2.75, 3.05) is 17.5 Å². The van der Waals surface area contributed by atoms with Gasteiger partial charge in [-0.25, -0.2) is 8.42 Å². The second-order valence-electron chi connectivity index (χ2n) is 5.77. The monoisotopic (exact) mass is 474 g/mol. The van der Waals surface area contributed by atoms with Crippen LogP contribution in [0.4, 0.5) is 0 Å². The van der Waals surface area contributed by atoms with Gasteiger partial charge in [0.1, 0.15) is 0 Å². The van der Waals surface area contributed by atoms with Crippen molar-refractivity contribution < 1.29 is 17.9 Å².